The van der Waals surface area contributed by atoms with Gasteiger partial charge in [0.1, 0.15) is 4.21 Å². The molecule has 4 unspecified atom stereocenters. The molecule has 2 bridgehead atoms. The third kappa shape index (κ3) is 3.64. The Morgan fingerprint density at radius 3 is 2.71 bits per heavy atom. The van der Waals surface area contributed by atoms with E-state index in [1.807, 2.05) is 6.92 Å². The van der Waals surface area contributed by atoms with Crippen molar-refractivity contribution in [3.05, 3.63) is 16.5 Å². The standard InChI is InChI=1S/C16H23ClN2O3S2/c1-10(13-8-11-3-4-12(13)7-11)18-15(20)9-19(2)24(21,22)16-6-5-14(17)23-16/h5-6,10-13H,3-4,7-9H2,1-2H3,(H,18,20). The molecular formula is C16H23ClN2O3S2. The van der Waals surface area contributed by atoms with Crippen molar-refractivity contribution in [3.8, 4) is 0 Å². The number of hydrogen-bond acceptors (Lipinski definition) is 4. The number of nitrogens with one attached hydrogen (secondary N) is 1. The Morgan fingerprint density at radius 2 is 2.17 bits per heavy atom. The number of carbonyl (C=O) groups excluding carboxylic acids is 1. The molecule has 0 radical (unpaired) electrons. The van der Waals surface area contributed by atoms with Gasteiger partial charge in [-0.3, -0.25) is 4.79 Å². The second-order valence-corrected chi connectivity index (χ2v) is 11.0. The van der Waals surface area contributed by atoms with E-state index >= 15 is 0 Å². The number of sulfonamides is 1. The van der Waals surface area contributed by atoms with Gasteiger partial charge in [-0.15, -0.1) is 11.3 Å². The molecule has 3 rings (SSSR count). The van der Waals surface area contributed by atoms with Crippen molar-refractivity contribution >= 4 is 38.9 Å². The quantitative estimate of drug-likeness (QED) is 0.811. The zero-order valence-corrected chi connectivity index (χ0v) is 16.3. The maximum absolute atomic E-state index is 12.4. The largest absolute Gasteiger partial charge is 0.352 e. The van der Waals surface area contributed by atoms with Gasteiger partial charge in [-0.05, 0) is 56.1 Å². The van der Waals surface area contributed by atoms with E-state index in [2.05, 4.69) is 5.32 Å². The number of fused-ring (bicyclic) bond motifs is 2. The zero-order chi connectivity index (χ0) is 17.5. The van der Waals surface area contributed by atoms with Gasteiger partial charge in [0.25, 0.3) is 10.0 Å². The lowest BCUT2D eigenvalue weighted by Gasteiger charge is -2.29. The normalized spacial score (nSPS) is 27.6. The number of likely N-dealkylation sites (N-methyl/N-ethyl adjacent to an activating group) is 1. The Bertz CT molecular complexity index is 719. The van der Waals surface area contributed by atoms with E-state index in [1.54, 1.807) is 6.07 Å². The van der Waals surface area contributed by atoms with Crippen molar-refractivity contribution in [2.24, 2.45) is 17.8 Å². The Balaban J connectivity index is 1.56. The topological polar surface area (TPSA) is 66.5 Å². The first-order valence-electron chi connectivity index (χ1n) is 8.28. The molecule has 1 heterocycles. The maximum atomic E-state index is 12.4. The van der Waals surface area contributed by atoms with Crippen LogP contribution < -0.4 is 5.32 Å². The number of nitrogens with zero attached hydrogens (tertiary/aromatic N) is 1. The molecule has 1 amide bonds. The maximum Gasteiger partial charge on any atom is 0.252 e. The summed E-state index contributed by atoms with van der Waals surface area (Å²) < 4.78 is 26.5. The van der Waals surface area contributed by atoms with Crippen molar-refractivity contribution < 1.29 is 13.2 Å². The molecular weight excluding hydrogens is 368 g/mol. The molecule has 134 valence electrons. The average molecular weight is 391 g/mol. The van der Waals surface area contributed by atoms with Crippen LogP contribution in [0.2, 0.25) is 4.34 Å². The Labute approximate surface area is 152 Å². The van der Waals surface area contributed by atoms with Crippen LogP contribution in [-0.2, 0) is 14.8 Å². The first-order chi connectivity index (χ1) is 11.3. The van der Waals surface area contributed by atoms with Crippen LogP contribution in [0.4, 0.5) is 0 Å². The summed E-state index contributed by atoms with van der Waals surface area (Å²) in [5.41, 5.74) is 0. The lowest BCUT2D eigenvalue weighted by Crippen LogP contribution is -2.45. The number of hydrogen-bond donors (Lipinski definition) is 1. The van der Waals surface area contributed by atoms with Crippen molar-refractivity contribution in [2.45, 2.75) is 42.9 Å². The molecule has 4 atom stereocenters. The van der Waals surface area contributed by atoms with Crippen LogP contribution in [0.25, 0.3) is 0 Å². The highest BCUT2D eigenvalue weighted by Gasteiger charge is 2.42. The number of amides is 1. The second kappa shape index (κ2) is 6.94. The summed E-state index contributed by atoms with van der Waals surface area (Å²) in [6, 6.07) is 3.11. The van der Waals surface area contributed by atoms with Crippen LogP contribution in [0.1, 0.15) is 32.6 Å². The Hall–Kier alpha value is -0.630. The zero-order valence-electron chi connectivity index (χ0n) is 13.9. The first kappa shape index (κ1) is 18.2. The van der Waals surface area contributed by atoms with E-state index in [4.69, 9.17) is 11.6 Å². The highest BCUT2D eigenvalue weighted by Crippen LogP contribution is 2.49. The molecule has 0 aromatic carbocycles. The van der Waals surface area contributed by atoms with E-state index in [1.165, 1.54) is 38.8 Å². The van der Waals surface area contributed by atoms with Crippen LogP contribution in [0.3, 0.4) is 0 Å². The molecule has 24 heavy (non-hydrogen) atoms. The summed E-state index contributed by atoms with van der Waals surface area (Å²) in [4.78, 5) is 12.3. The molecule has 0 spiro atoms. The molecule has 0 saturated heterocycles. The minimum absolute atomic E-state index is 0.0973. The monoisotopic (exact) mass is 390 g/mol. The average Bonchev–Trinajstić information content (AvgIpc) is 3.22. The second-order valence-electron chi connectivity index (χ2n) is 7.01. The predicted molar refractivity (Wildman–Crippen MR) is 95.7 cm³/mol. The highest BCUT2D eigenvalue weighted by atomic mass is 35.5. The van der Waals surface area contributed by atoms with E-state index in [0.29, 0.717) is 10.3 Å². The van der Waals surface area contributed by atoms with Gasteiger partial charge < -0.3 is 5.32 Å². The van der Waals surface area contributed by atoms with Crippen LogP contribution in [0, 0.1) is 17.8 Å². The van der Waals surface area contributed by atoms with Gasteiger partial charge in [-0.1, -0.05) is 18.0 Å². The summed E-state index contributed by atoms with van der Waals surface area (Å²) >= 11 is 6.80. The number of thiophene rings is 1. The molecule has 1 aromatic rings. The molecule has 0 aliphatic heterocycles. The van der Waals surface area contributed by atoms with E-state index in [9.17, 15) is 13.2 Å². The van der Waals surface area contributed by atoms with Gasteiger partial charge in [-0.25, -0.2) is 8.42 Å². The van der Waals surface area contributed by atoms with Crippen molar-refractivity contribution in [2.75, 3.05) is 13.6 Å². The number of carbonyl (C=O) groups is 1. The fourth-order valence-electron chi connectivity index (χ4n) is 4.19. The molecule has 2 saturated carbocycles. The molecule has 1 N–H and O–H groups in total. The lowest BCUT2D eigenvalue weighted by atomic mass is 9.84. The third-order valence-corrected chi connectivity index (χ3v) is 8.90. The van der Waals surface area contributed by atoms with Gasteiger partial charge in [0.2, 0.25) is 5.91 Å². The van der Waals surface area contributed by atoms with Crippen molar-refractivity contribution in [1.82, 2.24) is 9.62 Å². The molecule has 2 aliphatic rings. The van der Waals surface area contributed by atoms with Gasteiger partial charge in [0.05, 0.1) is 10.9 Å². The van der Waals surface area contributed by atoms with Gasteiger partial charge in [0.15, 0.2) is 0 Å². The fraction of sp³-hybridized carbons (Fsp3) is 0.688. The van der Waals surface area contributed by atoms with Crippen LogP contribution >= 0.6 is 22.9 Å². The van der Waals surface area contributed by atoms with Crippen LogP contribution in [0.15, 0.2) is 16.3 Å². The lowest BCUT2D eigenvalue weighted by molar-refractivity contribution is -0.122. The van der Waals surface area contributed by atoms with E-state index in [0.717, 1.165) is 27.5 Å². The van der Waals surface area contributed by atoms with E-state index in [-0.39, 0.29) is 22.7 Å². The first-order valence-corrected chi connectivity index (χ1v) is 10.9. The summed E-state index contributed by atoms with van der Waals surface area (Å²) in [5.74, 6) is 1.83. The molecule has 8 heteroatoms. The van der Waals surface area contributed by atoms with Crippen molar-refractivity contribution in [1.29, 1.82) is 0 Å². The summed E-state index contributed by atoms with van der Waals surface area (Å²) in [6.07, 6.45) is 5.07. The minimum Gasteiger partial charge on any atom is -0.352 e. The smallest absolute Gasteiger partial charge is 0.252 e. The van der Waals surface area contributed by atoms with E-state index < -0.39 is 10.0 Å². The van der Waals surface area contributed by atoms with Crippen molar-refractivity contribution in [3.63, 3.8) is 0 Å². The fourth-order valence-corrected chi connectivity index (χ4v) is 7.01. The highest BCUT2D eigenvalue weighted by molar-refractivity contribution is 7.91. The van der Waals surface area contributed by atoms with Gasteiger partial charge in [0, 0.05) is 13.1 Å². The summed E-state index contributed by atoms with van der Waals surface area (Å²) in [7, 11) is -2.25. The van der Waals surface area contributed by atoms with Crippen LogP contribution in [0.5, 0.6) is 0 Å². The van der Waals surface area contributed by atoms with Gasteiger partial charge >= 0.3 is 0 Å². The Morgan fingerprint density at radius 1 is 1.42 bits per heavy atom. The number of rotatable bonds is 6. The predicted octanol–water partition coefficient (Wildman–Crippen LogP) is 2.96. The summed E-state index contributed by atoms with van der Waals surface area (Å²) in [5, 5.41) is 3.00. The summed E-state index contributed by atoms with van der Waals surface area (Å²) in [6.45, 7) is 1.86. The molecule has 1 aromatic heterocycles. The SMILES string of the molecule is CC(NC(=O)CN(C)S(=O)(=O)c1ccc(Cl)s1)C1CC2CCC1C2. The molecule has 5 nitrogen and oxygen atoms in total. The van der Waals surface area contributed by atoms with Crippen LogP contribution in [-0.4, -0.2) is 38.3 Å². The van der Waals surface area contributed by atoms with Gasteiger partial charge in [-0.2, -0.15) is 4.31 Å². The molecule has 2 fully saturated rings. The Kier molecular flexibility index (Phi) is 5.25. The minimum atomic E-state index is -3.67. The molecule has 2 aliphatic carbocycles. The third-order valence-electron chi connectivity index (χ3n) is 5.40. The number of halogens is 1.